The molecule has 0 aliphatic carbocycles. The molecule has 1 N–H and O–H groups in total. The van der Waals surface area contributed by atoms with Gasteiger partial charge in [0.2, 0.25) is 0 Å². The quantitative estimate of drug-likeness (QED) is 0.656. The molecule has 0 saturated heterocycles. The van der Waals surface area contributed by atoms with Crippen LogP contribution in [0.2, 0.25) is 10.2 Å². The molecule has 3 nitrogen and oxygen atoms in total. The molecule has 0 fully saturated rings. The molecule has 1 aliphatic rings. The lowest BCUT2D eigenvalue weighted by molar-refractivity contribution is -0.110. The summed E-state index contributed by atoms with van der Waals surface area (Å²) >= 11 is 11.3. The van der Waals surface area contributed by atoms with Gasteiger partial charge in [-0.3, -0.25) is 4.79 Å². The molecule has 1 aromatic carbocycles. The third kappa shape index (κ3) is 2.58. The minimum absolute atomic E-state index is 0.0766. The van der Waals surface area contributed by atoms with Crippen LogP contribution in [0.3, 0.4) is 0 Å². The maximum atomic E-state index is 13.8. The van der Waals surface area contributed by atoms with Crippen molar-refractivity contribution in [1.29, 1.82) is 0 Å². The van der Waals surface area contributed by atoms with Crippen molar-refractivity contribution in [2.45, 2.75) is 6.42 Å². The van der Waals surface area contributed by atoms with E-state index in [1.807, 2.05) is 0 Å². The summed E-state index contributed by atoms with van der Waals surface area (Å²) in [7, 11) is 0. The Morgan fingerprint density at radius 3 is 2.82 bits per heavy atom. The lowest BCUT2D eigenvalue weighted by Gasteiger charge is -2.02. The summed E-state index contributed by atoms with van der Waals surface area (Å²) in [6, 6.07) is 3.99. The first-order valence-electron chi connectivity index (χ1n) is 6.27. The average molecular weight is 341 g/mol. The fourth-order valence-corrected chi connectivity index (χ4v) is 2.55. The van der Waals surface area contributed by atoms with Gasteiger partial charge in [-0.05, 0) is 30.2 Å². The lowest BCUT2D eigenvalue weighted by atomic mass is 10.0. The van der Waals surface area contributed by atoms with Gasteiger partial charge in [0.1, 0.15) is 5.82 Å². The van der Waals surface area contributed by atoms with E-state index >= 15 is 0 Å². The zero-order chi connectivity index (χ0) is 15.9. The summed E-state index contributed by atoms with van der Waals surface area (Å²) in [6.45, 7) is 0. The second-order valence-corrected chi connectivity index (χ2v) is 5.43. The first kappa shape index (κ1) is 14.9. The molecule has 2 aromatic rings. The molecule has 1 aliphatic heterocycles. The van der Waals surface area contributed by atoms with Crippen LogP contribution in [0.4, 0.5) is 14.5 Å². The number of allylic oxidation sites excluding steroid dienone is 1. The standard InChI is InChI=1S/C15H8Cl2F2N2O/c16-10-6-12-9(5-11(10)18)8(15(22)21-12)2-1-7-3-4-20-14(17)13(7)19/h2-6H,1H2,(H,21,22)/b8-2+. The number of nitrogens with zero attached hydrogens (tertiary/aromatic N) is 1. The van der Waals surface area contributed by atoms with Crippen LogP contribution in [0, 0.1) is 11.6 Å². The summed E-state index contributed by atoms with van der Waals surface area (Å²) in [4.78, 5) is 15.6. The average Bonchev–Trinajstić information content (AvgIpc) is 2.76. The van der Waals surface area contributed by atoms with Gasteiger partial charge < -0.3 is 5.32 Å². The highest BCUT2D eigenvalue weighted by Gasteiger charge is 2.25. The number of aromatic nitrogens is 1. The van der Waals surface area contributed by atoms with Crippen molar-refractivity contribution in [3.05, 3.63) is 63.4 Å². The van der Waals surface area contributed by atoms with E-state index in [0.29, 0.717) is 16.8 Å². The van der Waals surface area contributed by atoms with Gasteiger partial charge in [0.05, 0.1) is 10.7 Å². The molecule has 1 amide bonds. The van der Waals surface area contributed by atoms with E-state index in [2.05, 4.69) is 10.3 Å². The number of hydrogen-bond donors (Lipinski definition) is 1. The molecule has 0 saturated carbocycles. The highest BCUT2D eigenvalue weighted by Crippen LogP contribution is 2.35. The Morgan fingerprint density at radius 2 is 2.05 bits per heavy atom. The van der Waals surface area contributed by atoms with E-state index in [9.17, 15) is 13.6 Å². The molecular formula is C15H8Cl2F2N2O. The molecule has 0 radical (unpaired) electrons. The number of carbonyl (C=O) groups is 1. The first-order valence-corrected chi connectivity index (χ1v) is 7.02. The normalized spacial score (nSPS) is 15.1. The van der Waals surface area contributed by atoms with E-state index in [4.69, 9.17) is 23.2 Å². The van der Waals surface area contributed by atoms with Crippen LogP contribution in [0.15, 0.2) is 30.5 Å². The van der Waals surface area contributed by atoms with Crippen LogP contribution in [-0.2, 0) is 11.2 Å². The third-order valence-electron chi connectivity index (χ3n) is 3.30. The first-order chi connectivity index (χ1) is 10.5. The van der Waals surface area contributed by atoms with Crippen LogP contribution < -0.4 is 5.32 Å². The van der Waals surface area contributed by atoms with Crippen molar-refractivity contribution in [3.63, 3.8) is 0 Å². The number of carbonyl (C=O) groups excluding carboxylic acids is 1. The Bertz CT molecular complexity index is 821. The highest BCUT2D eigenvalue weighted by molar-refractivity contribution is 6.34. The van der Waals surface area contributed by atoms with Crippen LogP contribution in [0.25, 0.3) is 5.57 Å². The minimum atomic E-state index is -0.637. The number of halogens is 4. The molecule has 2 heterocycles. The number of pyridine rings is 1. The predicted octanol–water partition coefficient (Wildman–Crippen LogP) is 4.24. The number of rotatable bonds is 2. The van der Waals surface area contributed by atoms with Crippen LogP contribution >= 0.6 is 23.2 Å². The number of amides is 1. The summed E-state index contributed by atoms with van der Waals surface area (Å²) in [6.07, 6.45) is 3.02. The Balaban J connectivity index is 1.98. The van der Waals surface area contributed by atoms with E-state index in [1.54, 1.807) is 0 Å². The van der Waals surface area contributed by atoms with Gasteiger partial charge in [-0.1, -0.05) is 29.3 Å². The number of fused-ring (bicyclic) bond motifs is 1. The van der Waals surface area contributed by atoms with Gasteiger partial charge in [0, 0.05) is 17.3 Å². The van der Waals surface area contributed by atoms with Gasteiger partial charge in [0.25, 0.3) is 5.91 Å². The zero-order valence-electron chi connectivity index (χ0n) is 11.0. The van der Waals surface area contributed by atoms with Crippen molar-refractivity contribution in [2.24, 2.45) is 0 Å². The van der Waals surface area contributed by atoms with E-state index in [1.165, 1.54) is 30.5 Å². The Kier molecular flexibility index (Phi) is 3.85. The third-order valence-corrected chi connectivity index (χ3v) is 3.85. The number of nitrogens with one attached hydrogen (secondary N) is 1. The van der Waals surface area contributed by atoms with Crippen LogP contribution in [0.5, 0.6) is 0 Å². The van der Waals surface area contributed by atoms with Crippen molar-refractivity contribution in [1.82, 2.24) is 4.98 Å². The molecule has 112 valence electrons. The van der Waals surface area contributed by atoms with E-state index in [0.717, 1.165) is 0 Å². The summed E-state index contributed by atoms with van der Waals surface area (Å²) in [5.41, 5.74) is 1.38. The molecule has 0 unspecified atom stereocenters. The molecular weight excluding hydrogens is 333 g/mol. The van der Waals surface area contributed by atoms with E-state index < -0.39 is 17.5 Å². The topological polar surface area (TPSA) is 42.0 Å². The molecule has 0 bridgehead atoms. The number of hydrogen-bond acceptors (Lipinski definition) is 2. The Morgan fingerprint density at radius 1 is 1.27 bits per heavy atom. The molecule has 1 aromatic heterocycles. The molecule has 3 rings (SSSR count). The SMILES string of the molecule is O=C1Nc2cc(Cl)c(F)cc2/C1=C\Cc1ccnc(Cl)c1F. The fourth-order valence-electron chi connectivity index (χ4n) is 2.21. The second kappa shape index (κ2) is 5.66. The van der Waals surface area contributed by atoms with Gasteiger partial charge >= 0.3 is 0 Å². The number of anilines is 1. The van der Waals surface area contributed by atoms with Crippen molar-refractivity contribution >= 4 is 40.4 Å². The molecule has 7 heteroatoms. The maximum absolute atomic E-state index is 13.8. The van der Waals surface area contributed by atoms with E-state index in [-0.39, 0.29) is 22.2 Å². The summed E-state index contributed by atoms with van der Waals surface area (Å²) < 4.78 is 27.4. The van der Waals surface area contributed by atoms with Crippen molar-refractivity contribution < 1.29 is 13.6 Å². The summed E-state index contributed by atoms with van der Waals surface area (Å²) in [5.74, 6) is -1.65. The molecule has 0 spiro atoms. The summed E-state index contributed by atoms with van der Waals surface area (Å²) in [5, 5.41) is 2.28. The molecule has 0 atom stereocenters. The van der Waals surface area contributed by atoms with Gasteiger partial charge in [-0.25, -0.2) is 13.8 Å². The van der Waals surface area contributed by atoms with Gasteiger partial charge in [0.15, 0.2) is 11.0 Å². The monoisotopic (exact) mass is 340 g/mol. The fraction of sp³-hybridized carbons (Fsp3) is 0.0667. The van der Waals surface area contributed by atoms with Gasteiger partial charge in [-0.15, -0.1) is 0 Å². The van der Waals surface area contributed by atoms with Crippen LogP contribution in [-0.4, -0.2) is 10.9 Å². The minimum Gasteiger partial charge on any atom is -0.321 e. The number of benzene rings is 1. The molecule has 22 heavy (non-hydrogen) atoms. The predicted molar refractivity (Wildman–Crippen MR) is 80.9 cm³/mol. The highest BCUT2D eigenvalue weighted by atomic mass is 35.5. The van der Waals surface area contributed by atoms with Crippen molar-refractivity contribution in [3.8, 4) is 0 Å². The lowest BCUT2D eigenvalue weighted by Crippen LogP contribution is -2.04. The zero-order valence-corrected chi connectivity index (χ0v) is 12.5. The van der Waals surface area contributed by atoms with Crippen LogP contribution in [0.1, 0.15) is 11.1 Å². The largest absolute Gasteiger partial charge is 0.321 e. The second-order valence-electron chi connectivity index (χ2n) is 4.66. The smallest absolute Gasteiger partial charge is 0.256 e. The maximum Gasteiger partial charge on any atom is 0.256 e. The Labute approximate surface area is 134 Å². The Hall–Kier alpha value is -1.98. The van der Waals surface area contributed by atoms with Gasteiger partial charge in [-0.2, -0.15) is 0 Å². The van der Waals surface area contributed by atoms with Crippen molar-refractivity contribution in [2.75, 3.05) is 5.32 Å².